The Kier molecular flexibility index (Phi) is 11.3. The van der Waals surface area contributed by atoms with Crippen LogP contribution in [0.3, 0.4) is 0 Å². The Morgan fingerprint density at radius 3 is 2.54 bits per heavy atom. The second kappa shape index (κ2) is 15.1. The van der Waals surface area contributed by atoms with Crippen LogP contribution in [0.2, 0.25) is 0 Å². The number of urea groups is 1. The largest absolute Gasteiger partial charge is 0.356 e. The lowest BCUT2D eigenvalue weighted by molar-refractivity contribution is -0.135. The highest BCUT2D eigenvalue weighted by atomic mass is 32.2. The molecular weight excluding hydrogens is 516 g/mol. The molecule has 0 aromatic carbocycles. The normalized spacial score (nSPS) is 22.6. The molecule has 3 saturated heterocycles. The number of fused-ring (bicyclic) bond motifs is 1. The van der Waals surface area contributed by atoms with Gasteiger partial charge in [0.2, 0.25) is 17.7 Å². The fraction of sp³-hybridized carbons (Fsp3) is 0.679. The number of nitrogens with one attached hydrogen (secondary N) is 4. The molecule has 3 fully saturated rings. The number of pyridine rings is 1. The van der Waals surface area contributed by atoms with Crippen LogP contribution in [0.1, 0.15) is 69.8 Å². The molecule has 0 radical (unpaired) electrons. The molecule has 3 aliphatic rings. The Hall–Kier alpha value is -2.82. The minimum Gasteiger partial charge on any atom is -0.356 e. The van der Waals surface area contributed by atoms with Crippen molar-refractivity contribution in [1.82, 2.24) is 31.2 Å². The smallest absolute Gasteiger partial charge is 0.315 e. The molecular formula is C28H42N6O4S. The van der Waals surface area contributed by atoms with E-state index in [-0.39, 0.29) is 35.8 Å². The van der Waals surface area contributed by atoms with Crippen LogP contribution in [-0.2, 0) is 20.8 Å². The topological polar surface area (TPSA) is 133 Å². The van der Waals surface area contributed by atoms with Crippen LogP contribution < -0.4 is 21.3 Å². The number of amides is 5. The van der Waals surface area contributed by atoms with E-state index in [0.29, 0.717) is 37.5 Å². The van der Waals surface area contributed by atoms with E-state index in [1.165, 1.54) is 0 Å². The van der Waals surface area contributed by atoms with E-state index >= 15 is 0 Å². The van der Waals surface area contributed by atoms with Crippen molar-refractivity contribution in [2.75, 3.05) is 25.4 Å². The average Bonchev–Trinajstić information content (AvgIpc) is 3.67. The lowest BCUT2D eigenvalue weighted by Crippen LogP contribution is -2.48. The zero-order valence-electron chi connectivity index (χ0n) is 22.7. The number of unbranched alkanes of at least 4 members (excludes halogenated alkanes) is 3. The minimum absolute atomic E-state index is 0.00567. The highest BCUT2D eigenvalue weighted by Crippen LogP contribution is 2.33. The summed E-state index contributed by atoms with van der Waals surface area (Å²) >= 11 is 1.90. The quantitative estimate of drug-likeness (QED) is 0.193. The van der Waals surface area contributed by atoms with Gasteiger partial charge in [-0.05, 0) is 56.2 Å². The van der Waals surface area contributed by atoms with Gasteiger partial charge in [0.05, 0.1) is 12.1 Å². The molecule has 11 heteroatoms. The third-order valence-corrected chi connectivity index (χ3v) is 9.23. The standard InChI is InChI=1S/C28H42N6O4S/c35-24(9-4-3-8-23-26-22(19-39-23)32-28(38)33-26)30-13-5-1-2-10-25(36)31-21(18-20-11-14-29-15-12-20)27(37)34-16-6-7-17-34/h11-12,14-15,21-23,26H,1-10,13,16-19H2,(H,30,35)(H,31,36)(H2,32,33,38)/t21-,22+,23+,26+/m1/s1. The second-order valence-corrected chi connectivity index (χ2v) is 12.0. The molecule has 4 rings (SSSR count). The second-order valence-electron chi connectivity index (χ2n) is 10.7. The maximum atomic E-state index is 13.0. The van der Waals surface area contributed by atoms with Gasteiger partial charge in [-0.25, -0.2) is 4.79 Å². The number of aromatic nitrogens is 1. The summed E-state index contributed by atoms with van der Waals surface area (Å²) in [4.78, 5) is 55.2. The van der Waals surface area contributed by atoms with E-state index < -0.39 is 6.04 Å². The van der Waals surface area contributed by atoms with Gasteiger partial charge < -0.3 is 26.2 Å². The summed E-state index contributed by atoms with van der Waals surface area (Å²) in [6.45, 7) is 2.12. The van der Waals surface area contributed by atoms with Gasteiger partial charge in [-0.1, -0.05) is 12.8 Å². The fourth-order valence-corrected chi connectivity index (χ4v) is 7.10. The van der Waals surface area contributed by atoms with Crippen LogP contribution in [0.25, 0.3) is 0 Å². The molecule has 5 amide bonds. The van der Waals surface area contributed by atoms with Gasteiger partial charge in [-0.3, -0.25) is 19.4 Å². The molecule has 1 aromatic rings. The van der Waals surface area contributed by atoms with E-state index in [1.54, 1.807) is 12.4 Å². The number of carbonyl (C=O) groups excluding carboxylic acids is 4. The van der Waals surface area contributed by atoms with Crippen molar-refractivity contribution < 1.29 is 19.2 Å². The van der Waals surface area contributed by atoms with Crippen LogP contribution in [0, 0.1) is 0 Å². The Balaban J connectivity index is 1.05. The van der Waals surface area contributed by atoms with E-state index in [4.69, 9.17) is 0 Å². The lowest BCUT2D eigenvalue weighted by atomic mass is 10.0. The number of thioether (sulfide) groups is 1. The molecule has 4 N–H and O–H groups in total. The van der Waals surface area contributed by atoms with Crippen molar-refractivity contribution >= 4 is 35.5 Å². The average molecular weight is 559 g/mol. The van der Waals surface area contributed by atoms with Gasteiger partial charge in [0.1, 0.15) is 6.04 Å². The Morgan fingerprint density at radius 2 is 1.74 bits per heavy atom. The van der Waals surface area contributed by atoms with Crippen molar-refractivity contribution in [1.29, 1.82) is 0 Å². The Morgan fingerprint density at radius 1 is 1.00 bits per heavy atom. The Bertz CT molecular complexity index is 974. The summed E-state index contributed by atoms with van der Waals surface area (Å²) < 4.78 is 0. The molecule has 214 valence electrons. The molecule has 4 atom stereocenters. The predicted octanol–water partition coefficient (Wildman–Crippen LogP) is 2.13. The van der Waals surface area contributed by atoms with Gasteiger partial charge in [0, 0.05) is 62.3 Å². The minimum atomic E-state index is -0.556. The molecule has 0 aliphatic carbocycles. The third kappa shape index (κ3) is 9.12. The van der Waals surface area contributed by atoms with Gasteiger partial charge >= 0.3 is 6.03 Å². The van der Waals surface area contributed by atoms with E-state index in [9.17, 15) is 19.2 Å². The SMILES string of the molecule is O=C(CCCC[C@@H]1SC[C@@H]2NC(=O)N[C@@H]21)NCCCCCC(=O)N[C@H](Cc1ccncc1)C(=O)N1CCCC1. The summed E-state index contributed by atoms with van der Waals surface area (Å²) in [6, 6.07) is 3.60. The molecule has 0 bridgehead atoms. The number of likely N-dealkylation sites (tertiary alicyclic amines) is 1. The van der Waals surface area contributed by atoms with Gasteiger partial charge in [0.25, 0.3) is 0 Å². The van der Waals surface area contributed by atoms with Crippen molar-refractivity contribution in [2.45, 2.75) is 94.0 Å². The molecule has 4 heterocycles. The molecule has 1 aromatic heterocycles. The zero-order valence-corrected chi connectivity index (χ0v) is 23.5. The number of carbonyl (C=O) groups is 4. The van der Waals surface area contributed by atoms with Crippen molar-refractivity contribution in [3.8, 4) is 0 Å². The molecule has 0 unspecified atom stereocenters. The highest BCUT2D eigenvalue weighted by Gasteiger charge is 2.42. The van der Waals surface area contributed by atoms with Crippen LogP contribution in [0.15, 0.2) is 24.5 Å². The summed E-state index contributed by atoms with van der Waals surface area (Å²) in [7, 11) is 0. The summed E-state index contributed by atoms with van der Waals surface area (Å²) in [5, 5.41) is 12.3. The molecule has 3 aliphatic heterocycles. The van der Waals surface area contributed by atoms with Crippen LogP contribution >= 0.6 is 11.8 Å². The molecule has 0 saturated carbocycles. The van der Waals surface area contributed by atoms with Crippen LogP contribution in [0.5, 0.6) is 0 Å². The fourth-order valence-electron chi connectivity index (χ4n) is 5.56. The van der Waals surface area contributed by atoms with Crippen molar-refractivity contribution in [3.63, 3.8) is 0 Å². The Labute approximate surface area is 235 Å². The van der Waals surface area contributed by atoms with Crippen molar-refractivity contribution in [3.05, 3.63) is 30.1 Å². The summed E-state index contributed by atoms with van der Waals surface area (Å²) in [5.41, 5.74) is 0.976. The van der Waals surface area contributed by atoms with Crippen molar-refractivity contribution in [2.24, 2.45) is 0 Å². The van der Waals surface area contributed by atoms with Crippen LogP contribution in [0.4, 0.5) is 4.79 Å². The summed E-state index contributed by atoms with van der Waals surface area (Å²) in [5.74, 6) is 0.915. The molecule has 0 spiro atoms. The predicted molar refractivity (Wildman–Crippen MR) is 151 cm³/mol. The monoisotopic (exact) mass is 558 g/mol. The maximum Gasteiger partial charge on any atom is 0.315 e. The number of hydrogen-bond acceptors (Lipinski definition) is 6. The van der Waals surface area contributed by atoms with E-state index in [0.717, 1.165) is 69.4 Å². The molecule has 10 nitrogen and oxygen atoms in total. The van der Waals surface area contributed by atoms with Gasteiger partial charge in [-0.2, -0.15) is 11.8 Å². The van der Waals surface area contributed by atoms with E-state index in [2.05, 4.69) is 26.3 Å². The summed E-state index contributed by atoms with van der Waals surface area (Å²) in [6.07, 6.45) is 12.0. The van der Waals surface area contributed by atoms with E-state index in [1.807, 2.05) is 28.8 Å². The number of rotatable bonds is 15. The number of nitrogens with zero attached hydrogens (tertiary/aromatic N) is 2. The third-order valence-electron chi connectivity index (χ3n) is 7.72. The maximum absolute atomic E-state index is 13.0. The first-order valence-corrected chi connectivity index (χ1v) is 15.5. The number of hydrogen-bond donors (Lipinski definition) is 4. The highest BCUT2D eigenvalue weighted by molar-refractivity contribution is 8.00. The zero-order chi connectivity index (χ0) is 27.5. The molecule has 39 heavy (non-hydrogen) atoms. The van der Waals surface area contributed by atoms with Crippen LogP contribution in [-0.4, -0.2) is 82.4 Å². The first kappa shape index (κ1) is 29.2. The van der Waals surface area contributed by atoms with Gasteiger partial charge in [0.15, 0.2) is 0 Å². The first-order chi connectivity index (χ1) is 19.0. The lowest BCUT2D eigenvalue weighted by Gasteiger charge is -2.24. The van der Waals surface area contributed by atoms with Gasteiger partial charge in [-0.15, -0.1) is 0 Å². The first-order valence-electron chi connectivity index (χ1n) is 14.4.